The van der Waals surface area contributed by atoms with Crippen molar-refractivity contribution in [3.05, 3.63) is 22.7 Å². The maximum Gasteiger partial charge on any atom is 0.321 e. The standard InChI is InChI=1S/C12H15BrN2OS/c1-2-5-14-12(16)15-6-7-17-11-4-3-9(13)8-10(11)15/h3-4,8H,2,5-7H2,1H3,(H,14,16). The van der Waals surface area contributed by atoms with Gasteiger partial charge in [-0.3, -0.25) is 4.90 Å². The van der Waals surface area contributed by atoms with E-state index in [4.69, 9.17) is 0 Å². The van der Waals surface area contributed by atoms with Gasteiger partial charge >= 0.3 is 6.03 Å². The summed E-state index contributed by atoms with van der Waals surface area (Å²) < 4.78 is 1.01. The molecule has 0 aliphatic carbocycles. The van der Waals surface area contributed by atoms with Gasteiger partial charge in [0.05, 0.1) is 5.69 Å². The van der Waals surface area contributed by atoms with Crippen LogP contribution in [0.2, 0.25) is 0 Å². The molecule has 2 rings (SSSR count). The number of carbonyl (C=O) groups is 1. The number of anilines is 1. The molecule has 0 bridgehead atoms. The van der Waals surface area contributed by atoms with E-state index in [2.05, 4.69) is 34.2 Å². The Balaban J connectivity index is 2.21. The molecule has 1 N–H and O–H groups in total. The molecule has 0 saturated heterocycles. The van der Waals surface area contributed by atoms with Crippen molar-refractivity contribution in [3.63, 3.8) is 0 Å². The summed E-state index contributed by atoms with van der Waals surface area (Å²) in [6.45, 7) is 3.55. The maximum atomic E-state index is 12.0. The van der Waals surface area contributed by atoms with Gasteiger partial charge in [0.15, 0.2) is 0 Å². The minimum Gasteiger partial charge on any atom is -0.338 e. The van der Waals surface area contributed by atoms with E-state index in [1.54, 1.807) is 11.8 Å². The van der Waals surface area contributed by atoms with E-state index in [1.165, 1.54) is 4.90 Å². The second-order valence-corrected chi connectivity index (χ2v) is 5.90. The van der Waals surface area contributed by atoms with Gasteiger partial charge in [0.25, 0.3) is 0 Å². The summed E-state index contributed by atoms with van der Waals surface area (Å²) in [6.07, 6.45) is 0.958. The quantitative estimate of drug-likeness (QED) is 0.906. The topological polar surface area (TPSA) is 32.3 Å². The zero-order chi connectivity index (χ0) is 12.3. The summed E-state index contributed by atoms with van der Waals surface area (Å²) in [5, 5.41) is 2.92. The number of rotatable bonds is 2. The van der Waals surface area contributed by atoms with Crippen molar-refractivity contribution in [2.24, 2.45) is 0 Å². The van der Waals surface area contributed by atoms with Crippen LogP contribution in [0.1, 0.15) is 13.3 Å². The van der Waals surface area contributed by atoms with Crippen molar-refractivity contribution in [3.8, 4) is 0 Å². The lowest BCUT2D eigenvalue weighted by atomic mass is 10.3. The smallest absolute Gasteiger partial charge is 0.321 e. The average Bonchev–Trinajstić information content (AvgIpc) is 2.35. The molecular weight excluding hydrogens is 300 g/mol. The van der Waals surface area contributed by atoms with Crippen molar-refractivity contribution in [1.29, 1.82) is 0 Å². The van der Waals surface area contributed by atoms with Crippen LogP contribution in [0.15, 0.2) is 27.6 Å². The molecule has 0 fully saturated rings. The Bertz CT molecular complexity index is 425. The molecule has 0 spiro atoms. The van der Waals surface area contributed by atoms with Crippen molar-refractivity contribution in [2.75, 3.05) is 23.7 Å². The Morgan fingerprint density at radius 1 is 1.59 bits per heavy atom. The Labute approximate surface area is 114 Å². The summed E-state index contributed by atoms with van der Waals surface area (Å²) in [5.41, 5.74) is 1.00. The number of carbonyl (C=O) groups excluding carboxylic acids is 1. The second kappa shape index (κ2) is 5.78. The molecule has 5 heteroatoms. The predicted octanol–water partition coefficient (Wildman–Crippen LogP) is 3.48. The number of urea groups is 1. The van der Waals surface area contributed by atoms with Gasteiger partial charge in [-0.25, -0.2) is 4.79 Å². The highest BCUT2D eigenvalue weighted by molar-refractivity contribution is 9.10. The number of nitrogens with zero attached hydrogens (tertiary/aromatic N) is 1. The Kier molecular flexibility index (Phi) is 4.34. The lowest BCUT2D eigenvalue weighted by Crippen LogP contribution is -2.43. The van der Waals surface area contributed by atoms with Gasteiger partial charge in [0.1, 0.15) is 0 Å². The summed E-state index contributed by atoms with van der Waals surface area (Å²) in [6, 6.07) is 6.09. The highest BCUT2D eigenvalue weighted by Crippen LogP contribution is 2.36. The minimum absolute atomic E-state index is 0.00602. The van der Waals surface area contributed by atoms with E-state index in [9.17, 15) is 4.79 Å². The molecule has 1 aromatic carbocycles. The van der Waals surface area contributed by atoms with Crippen LogP contribution in [-0.4, -0.2) is 24.9 Å². The number of halogens is 1. The molecule has 1 aromatic rings. The van der Waals surface area contributed by atoms with Crippen LogP contribution < -0.4 is 10.2 Å². The number of benzene rings is 1. The summed E-state index contributed by atoms with van der Waals surface area (Å²) >= 11 is 5.25. The van der Waals surface area contributed by atoms with Gasteiger partial charge in [0.2, 0.25) is 0 Å². The Morgan fingerprint density at radius 3 is 3.18 bits per heavy atom. The highest BCUT2D eigenvalue weighted by Gasteiger charge is 2.22. The lowest BCUT2D eigenvalue weighted by molar-refractivity contribution is 0.246. The van der Waals surface area contributed by atoms with Crippen molar-refractivity contribution >= 4 is 39.4 Å². The molecule has 3 nitrogen and oxygen atoms in total. The van der Waals surface area contributed by atoms with Crippen molar-refractivity contribution in [2.45, 2.75) is 18.2 Å². The molecule has 1 heterocycles. The molecule has 0 saturated carbocycles. The Morgan fingerprint density at radius 2 is 2.41 bits per heavy atom. The molecule has 92 valence electrons. The lowest BCUT2D eigenvalue weighted by Gasteiger charge is -2.29. The van der Waals surface area contributed by atoms with Gasteiger partial charge < -0.3 is 5.32 Å². The van der Waals surface area contributed by atoms with Crippen LogP contribution in [0.4, 0.5) is 10.5 Å². The summed E-state index contributed by atoms with van der Waals surface area (Å²) in [7, 11) is 0. The number of amides is 2. The third-order valence-electron chi connectivity index (χ3n) is 2.56. The van der Waals surface area contributed by atoms with E-state index in [0.717, 1.165) is 35.4 Å². The van der Waals surface area contributed by atoms with Gasteiger partial charge in [-0.15, -0.1) is 11.8 Å². The molecular formula is C12H15BrN2OS. The largest absolute Gasteiger partial charge is 0.338 e. The van der Waals surface area contributed by atoms with Crippen LogP contribution in [0.25, 0.3) is 0 Å². The third-order valence-corrected chi connectivity index (χ3v) is 4.09. The maximum absolute atomic E-state index is 12.0. The zero-order valence-electron chi connectivity index (χ0n) is 9.70. The molecule has 0 atom stereocenters. The molecule has 17 heavy (non-hydrogen) atoms. The van der Waals surface area contributed by atoms with Gasteiger partial charge in [-0.05, 0) is 24.6 Å². The number of hydrogen-bond acceptors (Lipinski definition) is 2. The molecule has 1 aliphatic heterocycles. The van der Waals surface area contributed by atoms with Crippen molar-refractivity contribution in [1.82, 2.24) is 5.32 Å². The second-order valence-electron chi connectivity index (χ2n) is 3.84. The SMILES string of the molecule is CCCNC(=O)N1CCSc2ccc(Br)cc21. The normalized spacial score (nSPS) is 14.4. The van der Waals surface area contributed by atoms with Crippen LogP contribution in [0.5, 0.6) is 0 Å². The number of fused-ring (bicyclic) bond motifs is 1. The van der Waals surface area contributed by atoms with Gasteiger partial charge in [0, 0.05) is 28.2 Å². The fourth-order valence-corrected chi connectivity index (χ4v) is 3.05. The summed E-state index contributed by atoms with van der Waals surface area (Å²) in [5.74, 6) is 0.953. The van der Waals surface area contributed by atoms with E-state index in [-0.39, 0.29) is 6.03 Å². The number of hydrogen-bond donors (Lipinski definition) is 1. The number of thioether (sulfide) groups is 1. The minimum atomic E-state index is 0.00602. The molecule has 1 aliphatic rings. The van der Waals surface area contributed by atoms with Crippen LogP contribution in [-0.2, 0) is 0 Å². The van der Waals surface area contributed by atoms with Crippen LogP contribution in [0, 0.1) is 0 Å². The van der Waals surface area contributed by atoms with E-state index >= 15 is 0 Å². The molecule has 0 radical (unpaired) electrons. The summed E-state index contributed by atoms with van der Waals surface area (Å²) in [4.78, 5) is 15.0. The van der Waals surface area contributed by atoms with Crippen LogP contribution >= 0.6 is 27.7 Å². The monoisotopic (exact) mass is 314 g/mol. The first-order chi connectivity index (χ1) is 8.22. The van der Waals surface area contributed by atoms with Crippen molar-refractivity contribution < 1.29 is 4.79 Å². The van der Waals surface area contributed by atoms with Gasteiger partial charge in [-0.1, -0.05) is 22.9 Å². The predicted molar refractivity (Wildman–Crippen MR) is 75.9 cm³/mol. The molecule has 0 aromatic heterocycles. The highest BCUT2D eigenvalue weighted by atomic mass is 79.9. The fourth-order valence-electron chi connectivity index (χ4n) is 1.73. The van der Waals surface area contributed by atoms with E-state index in [1.807, 2.05) is 17.0 Å². The van der Waals surface area contributed by atoms with Crippen LogP contribution in [0.3, 0.4) is 0 Å². The van der Waals surface area contributed by atoms with E-state index in [0.29, 0.717) is 0 Å². The first-order valence-corrected chi connectivity index (χ1v) is 7.48. The van der Waals surface area contributed by atoms with Gasteiger partial charge in [-0.2, -0.15) is 0 Å². The fraction of sp³-hybridized carbons (Fsp3) is 0.417. The molecule has 2 amide bonds. The average molecular weight is 315 g/mol. The van der Waals surface area contributed by atoms with E-state index < -0.39 is 0 Å². The molecule has 0 unspecified atom stereocenters. The first-order valence-electron chi connectivity index (χ1n) is 5.70. The first kappa shape index (κ1) is 12.8. The zero-order valence-corrected chi connectivity index (χ0v) is 12.1. The Hall–Kier alpha value is -0.680. The third kappa shape index (κ3) is 2.96. The number of nitrogens with one attached hydrogen (secondary N) is 1.